The van der Waals surface area contributed by atoms with Crippen molar-refractivity contribution in [2.24, 2.45) is 0 Å². The molecule has 1 amide bonds. The molecule has 7 nitrogen and oxygen atoms in total. The summed E-state index contributed by atoms with van der Waals surface area (Å²) in [6.07, 6.45) is 2.45. The Hall–Kier alpha value is -1.41. The van der Waals surface area contributed by atoms with E-state index in [2.05, 4.69) is 31.0 Å². The van der Waals surface area contributed by atoms with E-state index in [1.54, 1.807) is 11.9 Å². The molecular weight excluding hydrogens is 316 g/mol. The monoisotopic (exact) mass is 342 g/mol. The van der Waals surface area contributed by atoms with Gasteiger partial charge in [-0.25, -0.2) is 8.42 Å². The molecule has 2 heterocycles. The molecule has 130 valence electrons. The molecule has 0 spiro atoms. The third kappa shape index (κ3) is 4.11. The van der Waals surface area contributed by atoms with E-state index in [1.165, 1.54) is 4.31 Å². The van der Waals surface area contributed by atoms with Crippen molar-refractivity contribution in [3.8, 4) is 0 Å². The number of nitrogens with zero attached hydrogens (tertiary/aromatic N) is 3. The molecular formula is C15H26N4O3S. The van der Waals surface area contributed by atoms with Crippen LogP contribution in [0.2, 0.25) is 0 Å². The summed E-state index contributed by atoms with van der Waals surface area (Å²) in [6.45, 7) is 7.02. The van der Waals surface area contributed by atoms with Crippen LogP contribution in [0.25, 0.3) is 0 Å². The molecule has 1 fully saturated rings. The fourth-order valence-electron chi connectivity index (χ4n) is 2.80. The predicted molar refractivity (Wildman–Crippen MR) is 88.3 cm³/mol. The third-order valence-electron chi connectivity index (χ3n) is 4.10. The molecule has 0 bridgehead atoms. The summed E-state index contributed by atoms with van der Waals surface area (Å²) >= 11 is 0. The zero-order valence-corrected chi connectivity index (χ0v) is 15.3. The summed E-state index contributed by atoms with van der Waals surface area (Å²) in [5.74, 6) is -0.167. The lowest BCUT2D eigenvalue weighted by molar-refractivity contribution is -0.133. The van der Waals surface area contributed by atoms with Crippen molar-refractivity contribution in [2.45, 2.75) is 51.6 Å². The van der Waals surface area contributed by atoms with Crippen molar-refractivity contribution in [3.63, 3.8) is 0 Å². The number of carbonyl (C=O) groups excluding carboxylic acids is 1. The van der Waals surface area contributed by atoms with E-state index >= 15 is 0 Å². The van der Waals surface area contributed by atoms with E-state index in [1.807, 2.05) is 6.07 Å². The zero-order valence-electron chi connectivity index (χ0n) is 14.5. The quantitative estimate of drug-likeness (QED) is 0.887. The highest BCUT2D eigenvalue weighted by Crippen LogP contribution is 2.23. The van der Waals surface area contributed by atoms with Gasteiger partial charge in [0.25, 0.3) is 0 Å². The van der Waals surface area contributed by atoms with Gasteiger partial charge in [0, 0.05) is 19.0 Å². The van der Waals surface area contributed by atoms with E-state index < -0.39 is 16.1 Å². The highest BCUT2D eigenvalue weighted by Gasteiger charge is 2.37. The Kier molecular flexibility index (Phi) is 4.86. The smallest absolute Gasteiger partial charge is 0.241 e. The first kappa shape index (κ1) is 17.9. The highest BCUT2D eigenvalue weighted by molar-refractivity contribution is 7.88. The number of aromatic nitrogens is 2. The SMILES string of the molecule is CN(Cc1cc(C(C)(C)C)n[nH]1)C(=O)C1CCCN1S(C)(=O)=O. The minimum absolute atomic E-state index is 0.0597. The maximum Gasteiger partial charge on any atom is 0.241 e. The summed E-state index contributed by atoms with van der Waals surface area (Å²) in [6, 6.07) is 1.37. The summed E-state index contributed by atoms with van der Waals surface area (Å²) in [4.78, 5) is 14.2. The lowest BCUT2D eigenvalue weighted by Gasteiger charge is -2.26. The number of sulfonamides is 1. The maximum atomic E-state index is 12.6. The molecule has 1 saturated heterocycles. The Morgan fingerprint density at radius 3 is 2.65 bits per heavy atom. The molecule has 1 aromatic rings. The van der Waals surface area contributed by atoms with Gasteiger partial charge in [-0.1, -0.05) is 20.8 Å². The standard InChI is InChI=1S/C15H26N4O3S/c1-15(2,3)13-9-11(16-17-13)10-18(4)14(20)12-7-6-8-19(12)23(5,21)22/h9,12H,6-8,10H2,1-5H3,(H,16,17). The Labute approximate surface area is 138 Å². The van der Waals surface area contributed by atoms with Gasteiger partial charge >= 0.3 is 0 Å². The lowest BCUT2D eigenvalue weighted by atomic mass is 9.92. The Morgan fingerprint density at radius 1 is 1.48 bits per heavy atom. The molecule has 0 aliphatic carbocycles. The van der Waals surface area contributed by atoms with Crippen LogP contribution in [0, 0.1) is 0 Å². The molecule has 23 heavy (non-hydrogen) atoms. The molecule has 1 atom stereocenters. The molecule has 1 aliphatic heterocycles. The maximum absolute atomic E-state index is 12.6. The average Bonchev–Trinajstić information content (AvgIpc) is 3.04. The van der Waals surface area contributed by atoms with Gasteiger partial charge in [0.2, 0.25) is 15.9 Å². The van der Waals surface area contributed by atoms with E-state index in [0.29, 0.717) is 19.5 Å². The van der Waals surface area contributed by atoms with Gasteiger partial charge in [0.15, 0.2) is 0 Å². The molecule has 1 aromatic heterocycles. The summed E-state index contributed by atoms with van der Waals surface area (Å²) < 4.78 is 24.9. The van der Waals surface area contributed by atoms with Crippen molar-refractivity contribution < 1.29 is 13.2 Å². The fraction of sp³-hybridized carbons (Fsp3) is 0.733. The second kappa shape index (κ2) is 6.24. The first-order chi connectivity index (χ1) is 10.5. The molecule has 0 aromatic carbocycles. The fourth-order valence-corrected chi connectivity index (χ4v) is 3.92. The normalized spacial score (nSPS) is 20.0. The number of hydrogen-bond donors (Lipinski definition) is 1. The number of hydrogen-bond acceptors (Lipinski definition) is 4. The van der Waals surface area contributed by atoms with E-state index in [4.69, 9.17) is 0 Å². The number of rotatable bonds is 4. The van der Waals surface area contributed by atoms with Gasteiger partial charge in [-0.05, 0) is 18.9 Å². The number of H-pyrrole nitrogens is 1. The highest BCUT2D eigenvalue weighted by atomic mass is 32.2. The predicted octanol–water partition coefficient (Wildman–Crippen LogP) is 1.09. The van der Waals surface area contributed by atoms with Crippen LogP contribution in [-0.2, 0) is 26.8 Å². The van der Waals surface area contributed by atoms with Gasteiger partial charge in [-0.3, -0.25) is 9.89 Å². The van der Waals surface area contributed by atoms with Crippen LogP contribution in [0.5, 0.6) is 0 Å². The average molecular weight is 342 g/mol. The molecule has 1 aliphatic rings. The van der Waals surface area contributed by atoms with Crippen molar-refractivity contribution in [1.29, 1.82) is 0 Å². The number of carbonyl (C=O) groups is 1. The Bertz CT molecular complexity index is 675. The number of nitrogens with one attached hydrogen (secondary N) is 1. The van der Waals surface area contributed by atoms with Crippen LogP contribution in [0.15, 0.2) is 6.07 Å². The minimum Gasteiger partial charge on any atom is -0.338 e. The number of amides is 1. The second-order valence-corrected chi connectivity index (χ2v) is 9.19. The second-order valence-electron chi connectivity index (χ2n) is 7.25. The van der Waals surface area contributed by atoms with Gasteiger partial charge in [0.1, 0.15) is 6.04 Å². The van der Waals surface area contributed by atoms with Crippen molar-refractivity contribution >= 4 is 15.9 Å². The van der Waals surface area contributed by atoms with E-state index in [9.17, 15) is 13.2 Å². The van der Waals surface area contributed by atoms with Crippen LogP contribution in [-0.4, -0.2) is 59.6 Å². The summed E-state index contributed by atoms with van der Waals surface area (Å²) in [7, 11) is -1.66. The van der Waals surface area contributed by atoms with Crippen LogP contribution < -0.4 is 0 Å². The van der Waals surface area contributed by atoms with Crippen LogP contribution in [0.4, 0.5) is 0 Å². The van der Waals surface area contributed by atoms with E-state index in [0.717, 1.165) is 24.1 Å². The minimum atomic E-state index is -3.35. The zero-order chi connectivity index (χ0) is 17.4. The van der Waals surface area contributed by atoms with Crippen LogP contribution >= 0.6 is 0 Å². The largest absolute Gasteiger partial charge is 0.338 e. The molecule has 0 radical (unpaired) electrons. The summed E-state index contributed by atoms with van der Waals surface area (Å²) in [5.41, 5.74) is 1.72. The topological polar surface area (TPSA) is 86.4 Å². The molecule has 1 unspecified atom stereocenters. The van der Waals surface area contributed by atoms with Crippen molar-refractivity contribution in [3.05, 3.63) is 17.5 Å². The van der Waals surface area contributed by atoms with Crippen LogP contribution in [0.3, 0.4) is 0 Å². The molecule has 0 saturated carbocycles. The van der Waals surface area contributed by atoms with Gasteiger partial charge in [-0.15, -0.1) is 0 Å². The molecule has 2 rings (SSSR count). The van der Waals surface area contributed by atoms with Crippen molar-refractivity contribution in [2.75, 3.05) is 19.8 Å². The van der Waals surface area contributed by atoms with E-state index in [-0.39, 0.29) is 11.3 Å². The van der Waals surface area contributed by atoms with Gasteiger partial charge < -0.3 is 4.90 Å². The first-order valence-electron chi connectivity index (χ1n) is 7.76. The molecule has 8 heteroatoms. The Morgan fingerprint density at radius 2 is 2.13 bits per heavy atom. The summed E-state index contributed by atoms with van der Waals surface area (Å²) in [5, 5.41) is 7.24. The first-order valence-corrected chi connectivity index (χ1v) is 9.61. The number of aromatic amines is 1. The number of likely N-dealkylation sites (N-methyl/N-ethyl adjacent to an activating group) is 1. The van der Waals surface area contributed by atoms with Gasteiger partial charge in [-0.2, -0.15) is 9.40 Å². The third-order valence-corrected chi connectivity index (χ3v) is 5.39. The van der Waals surface area contributed by atoms with Gasteiger partial charge in [0.05, 0.1) is 24.2 Å². The lowest BCUT2D eigenvalue weighted by Crippen LogP contribution is -2.45. The Balaban J connectivity index is 2.07. The van der Waals surface area contributed by atoms with Crippen LogP contribution in [0.1, 0.15) is 45.0 Å². The van der Waals surface area contributed by atoms with Crippen molar-refractivity contribution in [1.82, 2.24) is 19.4 Å². The molecule has 1 N–H and O–H groups in total.